The first-order valence-corrected chi connectivity index (χ1v) is 9.24. The standard InChI is InChI=1S/C22H26N2O2/c1-16-8-9-20(15-21(16)23-17(2)25)22(26)24-12-10-19(11-13-24)14-18-6-4-3-5-7-18/h3-9,15,19H,10-14H2,1-2H3,(H,23,25). The highest BCUT2D eigenvalue weighted by molar-refractivity contribution is 5.97. The van der Waals surface area contributed by atoms with Gasteiger partial charge < -0.3 is 10.2 Å². The number of aryl methyl sites for hydroxylation is 1. The Hall–Kier alpha value is -2.62. The van der Waals surface area contributed by atoms with Gasteiger partial charge in [-0.15, -0.1) is 0 Å². The summed E-state index contributed by atoms with van der Waals surface area (Å²) < 4.78 is 0. The number of carbonyl (C=O) groups is 2. The molecule has 1 fully saturated rings. The number of amides is 2. The fourth-order valence-electron chi connectivity index (χ4n) is 3.55. The fourth-order valence-corrected chi connectivity index (χ4v) is 3.55. The molecule has 0 atom stereocenters. The van der Waals surface area contributed by atoms with Crippen LogP contribution in [0.4, 0.5) is 5.69 Å². The highest BCUT2D eigenvalue weighted by Crippen LogP contribution is 2.24. The lowest BCUT2D eigenvalue weighted by molar-refractivity contribution is -0.114. The molecule has 26 heavy (non-hydrogen) atoms. The van der Waals surface area contributed by atoms with E-state index in [1.54, 1.807) is 6.07 Å². The van der Waals surface area contributed by atoms with Gasteiger partial charge in [-0.2, -0.15) is 0 Å². The van der Waals surface area contributed by atoms with Crippen molar-refractivity contribution < 1.29 is 9.59 Å². The van der Waals surface area contributed by atoms with Gasteiger partial charge in [-0.1, -0.05) is 36.4 Å². The molecule has 1 aliphatic heterocycles. The second kappa shape index (κ2) is 8.17. The van der Waals surface area contributed by atoms with Crippen LogP contribution < -0.4 is 5.32 Å². The maximum Gasteiger partial charge on any atom is 0.253 e. The number of hydrogen-bond donors (Lipinski definition) is 1. The highest BCUT2D eigenvalue weighted by Gasteiger charge is 2.24. The van der Waals surface area contributed by atoms with Gasteiger partial charge in [-0.3, -0.25) is 9.59 Å². The number of carbonyl (C=O) groups excluding carboxylic acids is 2. The lowest BCUT2D eigenvalue weighted by Crippen LogP contribution is -2.39. The molecule has 0 spiro atoms. The summed E-state index contributed by atoms with van der Waals surface area (Å²) in [5, 5.41) is 2.80. The molecule has 3 rings (SSSR count). The van der Waals surface area contributed by atoms with E-state index in [4.69, 9.17) is 0 Å². The molecule has 2 aromatic rings. The van der Waals surface area contributed by atoms with Crippen LogP contribution in [0.2, 0.25) is 0 Å². The van der Waals surface area contributed by atoms with Crippen molar-refractivity contribution in [2.45, 2.75) is 33.1 Å². The summed E-state index contributed by atoms with van der Waals surface area (Å²) >= 11 is 0. The molecular formula is C22H26N2O2. The first-order chi connectivity index (χ1) is 12.5. The van der Waals surface area contributed by atoms with Crippen molar-refractivity contribution >= 4 is 17.5 Å². The van der Waals surface area contributed by atoms with Gasteiger partial charge in [0.05, 0.1) is 0 Å². The van der Waals surface area contributed by atoms with Crippen molar-refractivity contribution in [3.63, 3.8) is 0 Å². The second-order valence-electron chi connectivity index (χ2n) is 7.14. The van der Waals surface area contributed by atoms with E-state index in [1.807, 2.05) is 30.0 Å². The van der Waals surface area contributed by atoms with E-state index < -0.39 is 0 Å². The fraction of sp³-hybridized carbons (Fsp3) is 0.364. The maximum atomic E-state index is 12.8. The number of hydrogen-bond acceptors (Lipinski definition) is 2. The number of rotatable bonds is 4. The minimum atomic E-state index is -0.126. The van der Waals surface area contributed by atoms with Crippen molar-refractivity contribution in [3.8, 4) is 0 Å². The van der Waals surface area contributed by atoms with Gasteiger partial charge in [0.25, 0.3) is 5.91 Å². The minimum Gasteiger partial charge on any atom is -0.339 e. The van der Waals surface area contributed by atoms with Crippen molar-refractivity contribution in [2.24, 2.45) is 5.92 Å². The van der Waals surface area contributed by atoms with Crippen LogP contribution in [0.5, 0.6) is 0 Å². The van der Waals surface area contributed by atoms with Gasteiger partial charge >= 0.3 is 0 Å². The Bertz CT molecular complexity index is 778. The largest absolute Gasteiger partial charge is 0.339 e. The molecule has 2 aromatic carbocycles. The van der Waals surface area contributed by atoms with E-state index >= 15 is 0 Å². The molecule has 1 N–H and O–H groups in total. The number of nitrogens with one attached hydrogen (secondary N) is 1. The first kappa shape index (κ1) is 18.2. The van der Waals surface area contributed by atoms with Crippen molar-refractivity contribution in [1.82, 2.24) is 4.90 Å². The molecule has 2 amide bonds. The van der Waals surface area contributed by atoms with Gasteiger partial charge in [0.2, 0.25) is 5.91 Å². The Morgan fingerprint density at radius 2 is 1.77 bits per heavy atom. The molecule has 1 aliphatic rings. The van der Waals surface area contributed by atoms with Gasteiger partial charge in [0, 0.05) is 31.3 Å². The zero-order valence-corrected chi connectivity index (χ0v) is 15.5. The quantitative estimate of drug-likeness (QED) is 0.904. The van der Waals surface area contributed by atoms with Crippen LogP contribution in [0.1, 0.15) is 41.3 Å². The molecule has 0 aliphatic carbocycles. The van der Waals surface area contributed by atoms with Gasteiger partial charge in [0.15, 0.2) is 0 Å². The maximum absolute atomic E-state index is 12.8. The number of benzene rings is 2. The molecule has 1 heterocycles. The summed E-state index contributed by atoms with van der Waals surface area (Å²) in [6, 6.07) is 16.1. The molecule has 0 bridgehead atoms. The van der Waals surface area contributed by atoms with E-state index in [2.05, 4.69) is 29.6 Å². The third-order valence-electron chi connectivity index (χ3n) is 5.06. The molecule has 4 heteroatoms. The van der Waals surface area contributed by atoms with Crippen LogP contribution >= 0.6 is 0 Å². The summed E-state index contributed by atoms with van der Waals surface area (Å²) in [4.78, 5) is 26.1. The predicted octanol–water partition coefficient (Wildman–Crippen LogP) is 4.05. The highest BCUT2D eigenvalue weighted by atomic mass is 16.2. The van der Waals surface area contributed by atoms with Crippen molar-refractivity contribution in [1.29, 1.82) is 0 Å². The van der Waals surface area contributed by atoms with Crippen LogP contribution in [-0.4, -0.2) is 29.8 Å². The Morgan fingerprint density at radius 3 is 2.42 bits per heavy atom. The average Bonchev–Trinajstić information content (AvgIpc) is 2.64. The normalized spacial score (nSPS) is 14.9. The van der Waals surface area contributed by atoms with Crippen LogP contribution in [0, 0.1) is 12.8 Å². The van der Waals surface area contributed by atoms with Crippen molar-refractivity contribution in [3.05, 3.63) is 65.2 Å². The molecular weight excluding hydrogens is 324 g/mol. The smallest absolute Gasteiger partial charge is 0.253 e. The summed E-state index contributed by atoms with van der Waals surface area (Å²) in [5.41, 5.74) is 3.68. The number of piperidine rings is 1. The van der Waals surface area contributed by atoms with Crippen LogP contribution in [-0.2, 0) is 11.2 Å². The number of anilines is 1. The molecule has 0 unspecified atom stereocenters. The molecule has 0 saturated carbocycles. The molecule has 0 aromatic heterocycles. The lowest BCUT2D eigenvalue weighted by Gasteiger charge is -2.32. The van der Waals surface area contributed by atoms with Gasteiger partial charge in [-0.25, -0.2) is 0 Å². The third kappa shape index (κ3) is 4.51. The zero-order chi connectivity index (χ0) is 18.5. The van der Waals surface area contributed by atoms with E-state index in [0.717, 1.165) is 37.9 Å². The van der Waals surface area contributed by atoms with Crippen LogP contribution in [0.25, 0.3) is 0 Å². The summed E-state index contributed by atoms with van der Waals surface area (Å²) in [6.07, 6.45) is 3.15. The number of likely N-dealkylation sites (tertiary alicyclic amines) is 1. The Balaban J connectivity index is 1.60. The molecule has 4 nitrogen and oxygen atoms in total. The Kier molecular flexibility index (Phi) is 5.71. The summed E-state index contributed by atoms with van der Waals surface area (Å²) in [6.45, 7) is 4.99. The average molecular weight is 350 g/mol. The van der Waals surface area contributed by atoms with Gasteiger partial charge in [0.1, 0.15) is 0 Å². The minimum absolute atomic E-state index is 0.0507. The predicted molar refractivity (Wildman–Crippen MR) is 104 cm³/mol. The summed E-state index contributed by atoms with van der Waals surface area (Å²) in [7, 11) is 0. The van der Waals surface area contributed by atoms with Crippen LogP contribution in [0.15, 0.2) is 48.5 Å². The van der Waals surface area contributed by atoms with E-state index in [1.165, 1.54) is 12.5 Å². The van der Waals surface area contributed by atoms with E-state index in [-0.39, 0.29) is 11.8 Å². The Labute approximate surface area is 155 Å². The van der Waals surface area contributed by atoms with E-state index in [9.17, 15) is 9.59 Å². The first-order valence-electron chi connectivity index (χ1n) is 9.24. The van der Waals surface area contributed by atoms with Crippen LogP contribution in [0.3, 0.4) is 0 Å². The zero-order valence-electron chi connectivity index (χ0n) is 15.5. The molecule has 1 saturated heterocycles. The van der Waals surface area contributed by atoms with Gasteiger partial charge in [-0.05, 0) is 55.4 Å². The Morgan fingerprint density at radius 1 is 1.08 bits per heavy atom. The second-order valence-corrected chi connectivity index (χ2v) is 7.14. The molecule has 136 valence electrons. The molecule has 0 radical (unpaired) electrons. The SMILES string of the molecule is CC(=O)Nc1cc(C(=O)N2CCC(Cc3ccccc3)CC2)ccc1C. The van der Waals surface area contributed by atoms with Crippen molar-refractivity contribution in [2.75, 3.05) is 18.4 Å². The third-order valence-corrected chi connectivity index (χ3v) is 5.06. The monoisotopic (exact) mass is 350 g/mol. The lowest BCUT2D eigenvalue weighted by atomic mass is 9.90. The number of nitrogens with zero attached hydrogens (tertiary/aromatic N) is 1. The topological polar surface area (TPSA) is 49.4 Å². The van der Waals surface area contributed by atoms with E-state index in [0.29, 0.717) is 17.2 Å². The summed E-state index contributed by atoms with van der Waals surface area (Å²) in [5.74, 6) is 0.559.